The molecule has 1 rings (SSSR count). The summed E-state index contributed by atoms with van der Waals surface area (Å²) in [6, 6.07) is 0. The van der Waals surface area contributed by atoms with E-state index in [1.807, 2.05) is 37.3 Å². The van der Waals surface area contributed by atoms with Gasteiger partial charge in [-0.1, -0.05) is 24.3 Å². The molecule has 0 aliphatic heterocycles. The van der Waals surface area contributed by atoms with Gasteiger partial charge in [0, 0.05) is 3.58 Å². The van der Waals surface area contributed by atoms with E-state index in [-0.39, 0.29) is 5.54 Å². The lowest BCUT2D eigenvalue weighted by molar-refractivity contribution is 0.736. The lowest BCUT2D eigenvalue weighted by Crippen LogP contribution is -2.30. The van der Waals surface area contributed by atoms with Crippen molar-refractivity contribution in [2.75, 3.05) is 0 Å². The van der Waals surface area contributed by atoms with Gasteiger partial charge in [0.15, 0.2) is 0 Å². The molecule has 2 N–H and O–H groups in total. The van der Waals surface area contributed by atoms with Gasteiger partial charge in [0.25, 0.3) is 0 Å². The second kappa shape index (κ2) is 2.88. The standard InChI is InChI=1S/C8H10IN/c1-8(10)5-2-3-7(9)4-6-8/h2-6H,10H2,1H3. The molecule has 0 saturated carbocycles. The second-order valence-electron chi connectivity index (χ2n) is 2.61. The maximum atomic E-state index is 5.83. The molecule has 0 aromatic rings. The SMILES string of the molecule is CC1(N)C=CC=C(I)C=C1. The van der Waals surface area contributed by atoms with Crippen molar-refractivity contribution >= 4 is 22.6 Å². The van der Waals surface area contributed by atoms with Crippen LogP contribution in [0.25, 0.3) is 0 Å². The van der Waals surface area contributed by atoms with Crippen LogP contribution in [0.4, 0.5) is 0 Å². The van der Waals surface area contributed by atoms with Crippen molar-refractivity contribution in [3.8, 4) is 0 Å². The van der Waals surface area contributed by atoms with Crippen molar-refractivity contribution in [3.05, 3.63) is 34.0 Å². The largest absolute Gasteiger partial charge is 0.319 e. The molecule has 0 spiro atoms. The monoisotopic (exact) mass is 247 g/mol. The molecule has 0 radical (unpaired) electrons. The topological polar surface area (TPSA) is 26.0 Å². The molecule has 1 aliphatic carbocycles. The summed E-state index contributed by atoms with van der Waals surface area (Å²) in [5.74, 6) is 0. The first-order chi connectivity index (χ1) is 4.60. The van der Waals surface area contributed by atoms with Crippen LogP contribution in [-0.2, 0) is 0 Å². The maximum absolute atomic E-state index is 5.83. The summed E-state index contributed by atoms with van der Waals surface area (Å²) in [5, 5.41) is 0. The number of nitrogens with two attached hydrogens (primary N) is 1. The first-order valence-electron chi connectivity index (χ1n) is 3.13. The van der Waals surface area contributed by atoms with Crippen LogP contribution in [0, 0.1) is 0 Å². The Balaban J connectivity index is 2.88. The van der Waals surface area contributed by atoms with Crippen LogP contribution in [0.15, 0.2) is 34.0 Å². The van der Waals surface area contributed by atoms with Crippen LogP contribution >= 0.6 is 22.6 Å². The Morgan fingerprint density at radius 1 is 1.50 bits per heavy atom. The predicted octanol–water partition coefficient (Wildman–Crippen LogP) is 2.15. The van der Waals surface area contributed by atoms with Crippen molar-refractivity contribution in [3.63, 3.8) is 0 Å². The molecule has 0 amide bonds. The third-order valence-electron chi connectivity index (χ3n) is 1.31. The van der Waals surface area contributed by atoms with Crippen LogP contribution in [0.1, 0.15) is 6.92 Å². The van der Waals surface area contributed by atoms with E-state index in [4.69, 9.17) is 5.73 Å². The molecule has 0 saturated heterocycles. The summed E-state index contributed by atoms with van der Waals surface area (Å²) in [5.41, 5.74) is 5.56. The number of hydrogen-bond donors (Lipinski definition) is 1. The smallest absolute Gasteiger partial charge is 0.0502 e. The fraction of sp³-hybridized carbons (Fsp3) is 0.250. The van der Waals surface area contributed by atoms with Gasteiger partial charge in [0.2, 0.25) is 0 Å². The highest BCUT2D eigenvalue weighted by molar-refractivity contribution is 14.1. The molecule has 10 heavy (non-hydrogen) atoms. The van der Waals surface area contributed by atoms with E-state index < -0.39 is 0 Å². The van der Waals surface area contributed by atoms with Crippen molar-refractivity contribution < 1.29 is 0 Å². The molecule has 1 nitrogen and oxygen atoms in total. The summed E-state index contributed by atoms with van der Waals surface area (Å²) < 4.78 is 1.21. The number of rotatable bonds is 0. The zero-order chi connectivity index (χ0) is 7.61. The van der Waals surface area contributed by atoms with Crippen molar-refractivity contribution in [1.82, 2.24) is 0 Å². The van der Waals surface area contributed by atoms with Gasteiger partial charge in [-0.2, -0.15) is 0 Å². The van der Waals surface area contributed by atoms with Crippen LogP contribution in [0.2, 0.25) is 0 Å². The average molecular weight is 247 g/mol. The maximum Gasteiger partial charge on any atom is 0.0502 e. The minimum absolute atomic E-state index is 0.274. The zero-order valence-electron chi connectivity index (χ0n) is 5.84. The molecule has 0 heterocycles. The van der Waals surface area contributed by atoms with Gasteiger partial charge >= 0.3 is 0 Å². The Morgan fingerprint density at radius 2 is 2.20 bits per heavy atom. The normalized spacial score (nSPS) is 31.7. The molecule has 2 heteroatoms. The molecule has 0 bridgehead atoms. The van der Waals surface area contributed by atoms with Crippen LogP contribution in [0.5, 0.6) is 0 Å². The van der Waals surface area contributed by atoms with Crippen molar-refractivity contribution in [2.45, 2.75) is 12.5 Å². The van der Waals surface area contributed by atoms with E-state index in [1.54, 1.807) is 0 Å². The molecular weight excluding hydrogens is 237 g/mol. The van der Waals surface area contributed by atoms with E-state index >= 15 is 0 Å². The van der Waals surface area contributed by atoms with Crippen LogP contribution in [-0.4, -0.2) is 5.54 Å². The number of hydrogen-bond acceptors (Lipinski definition) is 1. The van der Waals surface area contributed by atoms with Crippen molar-refractivity contribution in [1.29, 1.82) is 0 Å². The number of halogens is 1. The summed E-state index contributed by atoms with van der Waals surface area (Å²) in [4.78, 5) is 0. The molecule has 1 atom stereocenters. The van der Waals surface area contributed by atoms with E-state index in [2.05, 4.69) is 22.6 Å². The molecule has 0 fully saturated rings. The Labute approximate surface area is 74.8 Å². The lowest BCUT2D eigenvalue weighted by Gasteiger charge is -2.12. The van der Waals surface area contributed by atoms with Gasteiger partial charge in [-0.15, -0.1) is 0 Å². The second-order valence-corrected chi connectivity index (χ2v) is 3.86. The molecule has 1 unspecified atom stereocenters. The van der Waals surface area contributed by atoms with Gasteiger partial charge in [-0.25, -0.2) is 0 Å². The van der Waals surface area contributed by atoms with E-state index in [1.165, 1.54) is 3.58 Å². The molecule has 1 aliphatic rings. The van der Waals surface area contributed by atoms with Gasteiger partial charge in [0.05, 0.1) is 5.54 Å². The minimum atomic E-state index is -0.274. The highest BCUT2D eigenvalue weighted by Crippen LogP contribution is 2.15. The summed E-state index contributed by atoms with van der Waals surface area (Å²) in [6.07, 6.45) is 10.0. The Kier molecular flexibility index (Phi) is 2.31. The third-order valence-corrected chi connectivity index (χ3v) is 2.03. The predicted molar refractivity (Wildman–Crippen MR) is 53.0 cm³/mol. The van der Waals surface area contributed by atoms with Crippen LogP contribution in [0.3, 0.4) is 0 Å². The van der Waals surface area contributed by atoms with Gasteiger partial charge < -0.3 is 5.73 Å². The highest BCUT2D eigenvalue weighted by Gasteiger charge is 2.09. The first kappa shape index (κ1) is 8.01. The van der Waals surface area contributed by atoms with Gasteiger partial charge in [-0.3, -0.25) is 0 Å². The fourth-order valence-corrected chi connectivity index (χ4v) is 1.11. The Bertz CT molecular complexity index is 211. The fourth-order valence-electron chi connectivity index (χ4n) is 0.718. The van der Waals surface area contributed by atoms with Crippen LogP contribution < -0.4 is 5.73 Å². The third kappa shape index (κ3) is 2.27. The minimum Gasteiger partial charge on any atom is -0.319 e. The first-order valence-corrected chi connectivity index (χ1v) is 4.21. The Morgan fingerprint density at radius 3 is 2.90 bits per heavy atom. The number of allylic oxidation sites excluding steroid dienone is 4. The molecule has 0 aromatic heterocycles. The molecule has 54 valence electrons. The highest BCUT2D eigenvalue weighted by atomic mass is 127. The summed E-state index contributed by atoms with van der Waals surface area (Å²) in [7, 11) is 0. The molecule has 0 aromatic carbocycles. The lowest BCUT2D eigenvalue weighted by atomic mass is 10.0. The average Bonchev–Trinajstić information content (AvgIpc) is 1.94. The van der Waals surface area contributed by atoms with Gasteiger partial charge in [0.1, 0.15) is 0 Å². The van der Waals surface area contributed by atoms with Crippen molar-refractivity contribution in [2.24, 2.45) is 5.73 Å². The van der Waals surface area contributed by atoms with E-state index in [0.717, 1.165) is 0 Å². The van der Waals surface area contributed by atoms with Gasteiger partial charge in [-0.05, 0) is 35.6 Å². The summed E-state index contributed by atoms with van der Waals surface area (Å²) >= 11 is 2.27. The quantitative estimate of drug-likeness (QED) is 0.652. The summed E-state index contributed by atoms with van der Waals surface area (Å²) in [6.45, 7) is 1.98. The van der Waals surface area contributed by atoms with E-state index in [0.29, 0.717) is 0 Å². The molecular formula is C8H10IN. The Hall–Kier alpha value is -0.0900. The van der Waals surface area contributed by atoms with E-state index in [9.17, 15) is 0 Å². The zero-order valence-corrected chi connectivity index (χ0v) is 8.00.